The number of carbonyl (C=O) groups is 2. The van der Waals surface area contributed by atoms with Crippen LogP contribution >= 0.6 is 0 Å². The number of imidazole rings is 1. The Morgan fingerprint density at radius 2 is 1.72 bits per heavy atom. The SMILES string of the molecule is CCN(C(=O)c1ccc(C(=O)c2c(C)nc3ccccn23)cc1)C1CCCCC1. The van der Waals surface area contributed by atoms with E-state index in [-0.39, 0.29) is 11.7 Å². The minimum Gasteiger partial charge on any atom is -0.336 e. The molecule has 4 rings (SSSR count). The molecule has 1 aliphatic carbocycles. The maximum absolute atomic E-state index is 13.1. The molecule has 1 fully saturated rings. The smallest absolute Gasteiger partial charge is 0.254 e. The lowest BCUT2D eigenvalue weighted by atomic mass is 9.93. The Balaban J connectivity index is 1.57. The largest absolute Gasteiger partial charge is 0.336 e. The summed E-state index contributed by atoms with van der Waals surface area (Å²) >= 11 is 0. The lowest BCUT2D eigenvalue weighted by Crippen LogP contribution is -2.41. The summed E-state index contributed by atoms with van der Waals surface area (Å²) in [5, 5.41) is 0. The van der Waals surface area contributed by atoms with E-state index in [9.17, 15) is 9.59 Å². The lowest BCUT2D eigenvalue weighted by Gasteiger charge is -2.33. The predicted octanol–water partition coefficient (Wildman–Crippen LogP) is 4.67. The predicted molar refractivity (Wildman–Crippen MR) is 113 cm³/mol. The second kappa shape index (κ2) is 8.19. The molecule has 1 saturated carbocycles. The van der Waals surface area contributed by atoms with Crippen LogP contribution in [-0.4, -0.2) is 38.6 Å². The third kappa shape index (κ3) is 3.69. The molecule has 3 aromatic rings. The second-order valence-electron chi connectivity index (χ2n) is 7.76. The van der Waals surface area contributed by atoms with Gasteiger partial charge in [0.25, 0.3) is 5.91 Å². The minimum absolute atomic E-state index is 0.0596. The van der Waals surface area contributed by atoms with Crippen molar-refractivity contribution in [1.29, 1.82) is 0 Å². The van der Waals surface area contributed by atoms with Gasteiger partial charge in [0.05, 0.1) is 5.69 Å². The number of rotatable bonds is 5. The van der Waals surface area contributed by atoms with Crippen molar-refractivity contribution in [3.05, 3.63) is 71.2 Å². The van der Waals surface area contributed by atoms with Crippen molar-refractivity contribution in [3.63, 3.8) is 0 Å². The van der Waals surface area contributed by atoms with Crippen molar-refractivity contribution in [2.24, 2.45) is 0 Å². The highest BCUT2D eigenvalue weighted by molar-refractivity contribution is 6.09. The number of ketones is 1. The molecule has 2 heterocycles. The van der Waals surface area contributed by atoms with Crippen LogP contribution in [0.2, 0.25) is 0 Å². The van der Waals surface area contributed by atoms with E-state index in [1.807, 2.05) is 47.5 Å². The first-order chi connectivity index (χ1) is 14.1. The molecule has 29 heavy (non-hydrogen) atoms. The van der Waals surface area contributed by atoms with Gasteiger partial charge in [0.2, 0.25) is 5.78 Å². The minimum atomic E-state index is -0.0835. The lowest BCUT2D eigenvalue weighted by molar-refractivity contribution is 0.0647. The number of nitrogens with zero attached hydrogens (tertiary/aromatic N) is 3. The summed E-state index contributed by atoms with van der Waals surface area (Å²) in [5.74, 6) is -0.0239. The number of amides is 1. The topological polar surface area (TPSA) is 54.7 Å². The van der Waals surface area contributed by atoms with E-state index in [0.717, 1.165) is 18.5 Å². The van der Waals surface area contributed by atoms with Gasteiger partial charge in [-0.15, -0.1) is 0 Å². The number of benzene rings is 1. The van der Waals surface area contributed by atoms with E-state index in [4.69, 9.17) is 0 Å². The summed E-state index contributed by atoms with van der Waals surface area (Å²) in [6.45, 7) is 4.60. The van der Waals surface area contributed by atoms with Crippen LogP contribution in [0.25, 0.3) is 5.65 Å². The Labute approximate surface area is 171 Å². The fourth-order valence-electron chi connectivity index (χ4n) is 4.41. The van der Waals surface area contributed by atoms with Gasteiger partial charge < -0.3 is 4.90 Å². The van der Waals surface area contributed by atoms with E-state index in [1.54, 1.807) is 24.3 Å². The third-order valence-electron chi connectivity index (χ3n) is 5.93. The summed E-state index contributed by atoms with van der Waals surface area (Å²) in [6, 6.07) is 13.1. The van der Waals surface area contributed by atoms with Crippen LogP contribution in [0.4, 0.5) is 0 Å². The van der Waals surface area contributed by atoms with Crippen LogP contribution in [0, 0.1) is 6.92 Å². The van der Waals surface area contributed by atoms with Crippen LogP contribution in [0.5, 0.6) is 0 Å². The first kappa shape index (κ1) is 19.4. The number of aryl methyl sites for hydroxylation is 1. The van der Waals surface area contributed by atoms with Gasteiger partial charge in [0.1, 0.15) is 11.3 Å². The van der Waals surface area contributed by atoms with Crippen LogP contribution in [0.15, 0.2) is 48.7 Å². The molecule has 2 aromatic heterocycles. The molecule has 1 aromatic carbocycles. The summed E-state index contributed by atoms with van der Waals surface area (Å²) < 4.78 is 1.82. The number of carbonyl (C=O) groups excluding carboxylic acids is 2. The van der Waals surface area contributed by atoms with Gasteiger partial charge in [-0.1, -0.05) is 37.5 Å². The van der Waals surface area contributed by atoms with Gasteiger partial charge in [0.15, 0.2) is 0 Å². The maximum Gasteiger partial charge on any atom is 0.254 e. The normalized spacial score (nSPS) is 14.8. The quantitative estimate of drug-likeness (QED) is 0.596. The van der Waals surface area contributed by atoms with Crippen molar-refractivity contribution in [2.45, 2.75) is 52.0 Å². The Bertz CT molecular complexity index is 1030. The van der Waals surface area contributed by atoms with Gasteiger partial charge in [-0.2, -0.15) is 0 Å². The highest BCUT2D eigenvalue weighted by Crippen LogP contribution is 2.24. The Hall–Kier alpha value is -2.95. The number of pyridine rings is 1. The zero-order valence-electron chi connectivity index (χ0n) is 17.1. The molecule has 1 aliphatic rings. The number of aromatic nitrogens is 2. The van der Waals surface area contributed by atoms with Gasteiger partial charge in [-0.05, 0) is 51.0 Å². The molecular weight excluding hydrogens is 362 g/mol. The van der Waals surface area contributed by atoms with E-state index < -0.39 is 0 Å². The molecule has 0 atom stereocenters. The molecular formula is C24H27N3O2. The fraction of sp³-hybridized carbons (Fsp3) is 0.375. The second-order valence-corrected chi connectivity index (χ2v) is 7.76. The molecule has 0 aliphatic heterocycles. The molecule has 150 valence electrons. The molecule has 0 N–H and O–H groups in total. The Morgan fingerprint density at radius 3 is 2.41 bits per heavy atom. The molecule has 0 bridgehead atoms. The zero-order valence-corrected chi connectivity index (χ0v) is 17.1. The average Bonchev–Trinajstić information content (AvgIpc) is 3.10. The van der Waals surface area contributed by atoms with Crippen LogP contribution < -0.4 is 0 Å². The van der Waals surface area contributed by atoms with Gasteiger partial charge in [0, 0.05) is 29.9 Å². The first-order valence-electron chi connectivity index (χ1n) is 10.5. The van der Waals surface area contributed by atoms with E-state index >= 15 is 0 Å². The maximum atomic E-state index is 13.1. The summed E-state index contributed by atoms with van der Waals surface area (Å²) in [5.41, 5.74) is 3.24. The van der Waals surface area contributed by atoms with Gasteiger partial charge in [-0.25, -0.2) is 4.98 Å². The van der Waals surface area contributed by atoms with Crippen molar-refractivity contribution < 1.29 is 9.59 Å². The number of hydrogen-bond acceptors (Lipinski definition) is 3. The van der Waals surface area contributed by atoms with Crippen molar-refractivity contribution in [3.8, 4) is 0 Å². The van der Waals surface area contributed by atoms with E-state index in [0.29, 0.717) is 35.1 Å². The van der Waals surface area contributed by atoms with Gasteiger partial charge in [-0.3, -0.25) is 14.0 Å². The molecule has 0 spiro atoms. The summed E-state index contributed by atoms with van der Waals surface area (Å²) in [6.07, 6.45) is 7.68. The highest BCUT2D eigenvalue weighted by Gasteiger charge is 2.25. The molecule has 0 saturated heterocycles. The molecule has 5 nitrogen and oxygen atoms in total. The van der Waals surface area contributed by atoms with E-state index in [2.05, 4.69) is 4.98 Å². The van der Waals surface area contributed by atoms with Crippen LogP contribution in [0.1, 0.15) is 71.1 Å². The Morgan fingerprint density at radius 1 is 1.03 bits per heavy atom. The molecule has 0 radical (unpaired) electrons. The molecule has 5 heteroatoms. The Kier molecular flexibility index (Phi) is 5.47. The van der Waals surface area contributed by atoms with Crippen LogP contribution in [0.3, 0.4) is 0 Å². The first-order valence-corrected chi connectivity index (χ1v) is 10.5. The molecule has 0 unspecified atom stereocenters. The number of fused-ring (bicyclic) bond motifs is 1. The van der Waals surface area contributed by atoms with Crippen molar-refractivity contribution >= 4 is 17.3 Å². The zero-order chi connectivity index (χ0) is 20.4. The summed E-state index contributed by atoms with van der Waals surface area (Å²) in [7, 11) is 0. The van der Waals surface area contributed by atoms with E-state index in [1.165, 1.54) is 19.3 Å². The molecule has 1 amide bonds. The monoisotopic (exact) mass is 389 g/mol. The third-order valence-corrected chi connectivity index (χ3v) is 5.93. The van der Waals surface area contributed by atoms with Crippen LogP contribution in [-0.2, 0) is 0 Å². The highest BCUT2D eigenvalue weighted by atomic mass is 16.2. The average molecular weight is 389 g/mol. The fourth-order valence-corrected chi connectivity index (χ4v) is 4.41. The van der Waals surface area contributed by atoms with Crippen molar-refractivity contribution in [1.82, 2.24) is 14.3 Å². The van der Waals surface area contributed by atoms with Crippen molar-refractivity contribution in [2.75, 3.05) is 6.54 Å². The van der Waals surface area contributed by atoms with Gasteiger partial charge >= 0.3 is 0 Å². The number of hydrogen-bond donors (Lipinski definition) is 0. The standard InChI is InChI=1S/C24H27N3O2/c1-3-26(20-9-5-4-6-10-20)24(29)19-14-12-18(13-15-19)23(28)22-17(2)25-21-11-7-8-16-27(21)22/h7-8,11-16,20H,3-6,9-10H2,1-2H3. The summed E-state index contributed by atoms with van der Waals surface area (Å²) in [4.78, 5) is 32.6.